The smallest absolute Gasteiger partial charge is 0.183 e. The summed E-state index contributed by atoms with van der Waals surface area (Å²) in [6, 6.07) is 13.2. The highest BCUT2D eigenvalue weighted by molar-refractivity contribution is 7.96. The Labute approximate surface area is 160 Å². The van der Waals surface area contributed by atoms with Gasteiger partial charge in [0, 0.05) is 18.2 Å². The number of hydrogen-bond donors (Lipinski definition) is 1. The number of ether oxygens (including phenoxy) is 1. The van der Waals surface area contributed by atoms with Gasteiger partial charge in [-0.15, -0.1) is 0 Å². The van der Waals surface area contributed by atoms with Gasteiger partial charge in [0.2, 0.25) is 0 Å². The summed E-state index contributed by atoms with van der Waals surface area (Å²) in [5.41, 5.74) is 1.79. The largest absolute Gasteiger partial charge is 0.496 e. The van der Waals surface area contributed by atoms with Crippen molar-refractivity contribution in [1.82, 2.24) is 5.32 Å². The monoisotopic (exact) mass is 409 g/mol. The zero-order valence-corrected chi connectivity index (χ0v) is 16.9. The average molecular weight is 410 g/mol. The maximum Gasteiger partial charge on any atom is 0.183 e. The van der Waals surface area contributed by atoms with Crippen LogP contribution in [0, 0.1) is 6.92 Å². The second kappa shape index (κ2) is 7.61. The number of benzene rings is 2. The van der Waals surface area contributed by atoms with E-state index in [-0.39, 0.29) is 16.4 Å². The molecule has 0 aromatic heterocycles. The van der Waals surface area contributed by atoms with Crippen LogP contribution in [0.4, 0.5) is 0 Å². The zero-order valence-electron chi connectivity index (χ0n) is 15.3. The van der Waals surface area contributed by atoms with E-state index >= 15 is 0 Å². The highest BCUT2D eigenvalue weighted by Gasteiger charge is 2.45. The Bertz CT molecular complexity index is 1010. The van der Waals surface area contributed by atoms with Gasteiger partial charge < -0.3 is 10.1 Å². The molecule has 0 unspecified atom stereocenters. The molecule has 2 aromatic rings. The van der Waals surface area contributed by atoms with E-state index in [9.17, 15) is 16.8 Å². The van der Waals surface area contributed by atoms with Crippen molar-refractivity contribution < 1.29 is 21.6 Å². The molecule has 0 radical (unpaired) electrons. The second-order valence-electron chi connectivity index (χ2n) is 6.77. The predicted molar refractivity (Wildman–Crippen MR) is 104 cm³/mol. The van der Waals surface area contributed by atoms with Crippen molar-refractivity contribution in [3.63, 3.8) is 0 Å². The van der Waals surface area contributed by atoms with E-state index in [2.05, 4.69) is 5.32 Å². The fraction of sp³-hybridized carbons (Fsp3) is 0.368. The highest BCUT2D eigenvalue weighted by atomic mass is 32.2. The van der Waals surface area contributed by atoms with Crippen LogP contribution in [0.15, 0.2) is 53.4 Å². The topological polar surface area (TPSA) is 89.5 Å². The minimum Gasteiger partial charge on any atom is -0.496 e. The van der Waals surface area contributed by atoms with E-state index in [1.54, 1.807) is 19.2 Å². The molecule has 1 aliphatic rings. The quantitative estimate of drug-likeness (QED) is 0.782. The molecule has 1 saturated heterocycles. The molecule has 8 heteroatoms. The standard InChI is InChI=1S/C19H23NO5S2/c1-14-7-9-16(10-8-14)27(23,24)19-13-26(21,22)12-17(19)20-11-15-5-3-4-6-18(15)25-2/h3-10,17,19-20H,11-13H2,1-2H3/t17-,19-/m1/s1. The number of methoxy groups -OCH3 is 1. The maximum atomic E-state index is 13.0. The SMILES string of the molecule is COc1ccccc1CN[C@@H]1CS(=O)(=O)C[C@H]1S(=O)(=O)c1ccc(C)cc1. The van der Waals surface area contributed by atoms with E-state index in [4.69, 9.17) is 4.74 Å². The van der Waals surface area contributed by atoms with E-state index in [0.29, 0.717) is 12.3 Å². The lowest BCUT2D eigenvalue weighted by Gasteiger charge is -2.20. The molecule has 0 saturated carbocycles. The fourth-order valence-corrected chi connectivity index (χ4v) is 8.02. The average Bonchev–Trinajstić information content (AvgIpc) is 2.96. The van der Waals surface area contributed by atoms with Crippen LogP contribution in [0.3, 0.4) is 0 Å². The van der Waals surface area contributed by atoms with Crippen LogP contribution in [-0.2, 0) is 26.2 Å². The minimum atomic E-state index is -3.77. The summed E-state index contributed by atoms with van der Waals surface area (Å²) >= 11 is 0. The Morgan fingerprint density at radius 2 is 1.74 bits per heavy atom. The van der Waals surface area contributed by atoms with E-state index < -0.39 is 31.0 Å². The first-order valence-electron chi connectivity index (χ1n) is 8.59. The summed E-state index contributed by atoms with van der Waals surface area (Å²) in [5, 5.41) is 2.11. The van der Waals surface area contributed by atoms with Gasteiger partial charge in [0.05, 0.1) is 28.8 Å². The zero-order chi connectivity index (χ0) is 19.7. The van der Waals surface area contributed by atoms with Crippen LogP contribution in [0.25, 0.3) is 0 Å². The molecule has 0 spiro atoms. The second-order valence-corrected chi connectivity index (χ2v) is 11.1. The number of sulfone groups is 2. The molecule has 146 valence electrons. The van der Waals surface area contributed by atoms with E-state index in [1.165, 1.54) is 12.1 Å². The van der Waals surface area contributed by atoms with Gasteiger partial charge in [-0.25, -0.2) is 16.8 Å². The first kappa shape index (κ1) is 19.9. The maximum absolute atomic E-state index is 13.0. The van der Waals surface area contributed by atoms with Crippen LogP contribution >= 0.6 is 0 Å². The number of para-hydroxylation sites is 1. The third kappa shape index (κ3) is 4.34. The Morgan fingerprint density at radius 3 is 2.41 bits per heavy atom. The molecule has 2 aromatic carbocycles. The summed E-state index contributed by atoms with van der Waals surface area (Å²) in [6.07, 6.45) is 0. The lowest BCUT2D eigenvalue weighted by Crippen LogP contribution is -2.43. The number of hydrogen-bond acceptors (Lipinski definition) is 6. The number of rotatable bonds is 6. The molecule has 2 atom stereocenters. The summed E-state index contributed by atoms with van der Waals surface area (Å²) in [4.78, 5) is 0.152. The Hall–Kier alpha value is -1.90. The van der Waals surface area contributed by atoms with Gasteiger partial charge >= 0.3 is 0 Å². The van der Waals surface area contributed by atoms with Gasteiger partial charge in [-0.3, -0.25) is 0 Å². The van der Waals surface area contributed by atoms with Gasteiger partial charge in [-0.1, -0.05) is 35.9 Å². The van der Waals surface area contributed by atoms with Gasteiger partial charge in [0.1, 0.15) is 5.75 Å². The lowest BCUT2D eigenvalue weighted by atomic mass is 10.1. The van der Waals surface area contributed by atoms with Crippen molar-refractivity contribution in [3.05, 3.63) is 59.7 Å². The van der Waals surface area contributed by atoms with Crippen molar-refractivity contribution in [3.8, 4) is 5.75 Å². The van der Waals surface area contributed by atoms with Crippen molar-refractivity contribution in [2.24, 2.45) is 0 Å². The fourth-order valence-electron chi connectivity index (χ4n) is 3.30. The molecule has 1 N–H and O–H groups in total. The third-order valence-corrected chi connectivity index (χ3v) is 8.96. The van der Waals surface area contributed by atoms with Gasteiger partial charge in [0.25, 0.3) is 0 Å². The Morgan fingerprint density at radius 1 is 1.07 bits per heavy atom. The molecule has 0 amide bonds. The molecule has 27 heavy (non-hydrogen) atoms. The number of aryl methyl sites for hydroxylation is 1. The van der Waals surface area contributed by atoms with Crippen LogP contribution in [0.1, 0.15) is 11.1 Å². The highest BCUT2D eigenvalue weighted by Crippen LogP contribution is 2.27. The Balaban J connectivity index is 1.86. The van der Waals surface area contributed by atoms with Crippen LogP contribution in [0.5, 0.6) is 5.75 Å². The molecule has 1 aliphatic heterocycles. The van der Waals surface area contributed by atoms with E-state index in [0.717, 1.165) is 11.1 Å². The van der Waals surface area contributed by atoms with Crippen molar-refractivity contribution in [2.75, 3.05) is 18.6 Å². The van der Waals surface area contributed by atoms with Gasteiger partial charge in [0.15, 0.2) is 19.7 Å². The summed E-state index contributed by atoms with van der Waals surface area (Å²) < 4.78 is 55.8. The molecule has 0 bridgehead atoms. The summed E-state index contributed by atoms with van der Waals surface area (Å²) in [5.74, 6) is 0.105. The third-order valence-electron chi connectivity index (χ3n) is 4.80. The predicted octanol–water partition coefficient (Wildman–Crippen LogP) is 1.73. The lowest BCUT2D eigenvalue weighted by molar-refractivity contribution is 0.406. The van der Waals surface area contributed by atoms with Crippen LogP contribution < -0.4 is 10.1 Å². The summed E-state index contributed by atoms with van der Waals surface area (Å²) in [6.45, 7) is 2.19. The summed E-state index contributed by atoms with van der Waals surface area (Å²) in [7, 11) is -5.65. The van der Waals surface area contributed by atoms with Crippen LogP contribution in [-0.4, -0.2) is 46.7 Å². The van der Waals surface area contributed by atoms with E-state index in [1.807, 2.05) is 31.2 Å². The van der Waals surface area contributed by atoms with Crippen molar-refractivity contribution in [2.45, 2.75) is 29.7 Å². The normalized spacial score (nSPS) is 21.9. The molecule has 0 aliphatic carbocycles. The van der Waals surface area contributed by atoms with Crippen molar-refractivity contribution in [1.29, 1.82) is 0 Å². The van der Waals surface area contributed by atoms with Gasteiger partial charge in [-0.2, -0.15) is 0 Å². The molecule has 1 heterocycles. The molecular formula is C19H23NO5S2. The molecule has 1 fully saturated rings. The molecular weight excluding hydrogens is 386 g/mol. The number of nitrogens with one attached hydrogen (secondary N) is 1. The molecule has 3 rings (SSSR count). The first-order valence-corrected chi connectivity index (χ1v) is 12.0. The minimum absolute atomic E-state index is 0.152. The first-order chi connectivity index (χ1) is 12.7. The van der Waals surface area contributed by atoms with Crippen molar-refractivity contribution >= 4 is 19.7 Å². The van der Waals surface area contributed by atoms with Crippen LogP contribution in [0.2, 0.25) is 0 Å². The van der Waals surface area contributed by atoms with Gasteiger partial charge in [-0.05, 0) is 25.1 Å². The molecule has 6 nitrogen and oxygen atoms in total. The Kier molecular flexibility index (Phi) is 5.60.